The van der Waals surface area contributed by atoms with E-state index in [4.69, 9.17) is 5.73 Å². The van der Waals surface area contributed by atoms with Gasteiger partial charge in [-0.1, -0.05) is 28.1 Å². The van der Waals surface area contributed by atoms with Gasteiger partial charge in [0.05, 0.1) is 5.69 Å². The maximum Gasteiger partial charge on any atom is 0.244 e. The van der Waals surface area contributed by atoms with E-state index in [1.54, 1.807) is 6.07 Å². The van der Waals surface area contributed by atoms with Crippen molar-refractivity contribution < 1.29 is 12.8 Å². The molecule has 0 bridgehead atoms. The molecule has 0 amide bonds. The zero-order valence-electron chi connectivity index (χ0n) is 10.6. The summed E-state index contributed by atoms with van der Waals surface area (Å²) in [7, 11) is -3.78. The molecule has 0 fully saturated rings. The summed E-state index contributed by atoms with van der Waals surface area (Å²) in [5.41, 5.74) is 6.54. The van der Waals surface area contributed by atoms with Crippen molar-refractivity contribution in [2.45, 2.75) is 11.4 Å². The van der Waals surface area contributed by atoms with Gasteiger partial charge in [-0.05, 0) is 45.8 Å². The third kappa shape index (κ3) is 4.03. The number of sulfonamides is 1. The third-order valence-corrected chi connectivity index (χ3v) is 5.55. The highest BCUT2D eigenvalue weighted by atomic mass is 79.9. The molecule has 2 rings (SSSR count). The van der Waals surface area contributed by atoms with Gasteiger partial charge in [-0.2, -0.15) is 0 Å². The Kier molecular flexibility index (Phi) is 5.03. The lowest BCUT2D eigenvalue weighted by atomic mass is 10.2. The Bertz CT molecular complexity index is 741. The summed E-state index contributed by atoms with van der Waals surface area (Å²) in [6.07, 6.45) is 0. The van der Waals surface area contributed by atoms with Crippen LogP contribution in [0.15, 0.2) is 50.2 Å². The fourth-order valence-corrected chi connectivity index (χ4v) is 4.80. The summed E-state index contributed by atoms with van der Waals surface area (Å²) in [4.78, 5) is -0.0205. The summed E-state index contributed by atoms with van der Waals surface area (Å²) >= 11 is 6.43. The van der Waals surface area contributed by atoms with Crippen LogP contribution in [0.3, 0.4) is 0 Å². The second-order valence-corrected chi connectivity index (χ2v) is 7.73. The van der Waals surface area contributed by atoms with Crippen molar-refractivity contribution in [3.63, 3.8) is 0 Å². The highest BCUT2D eigenvalue weighted by molar-refractivity contribution is 9.11. The normalized spacial score (nSPS) is 11.6. The first-order valence-corrected chi connectivity index (χ1v) is 8.85. The highest BCUT2D eigenvalue weighted by Crippen LogP contribution is 2.31. The number of hydrogen-bond donors (Lipinski definition) is 2. The SMILES string of the molecule is Nc1cc(Br)cc(Br)c1S(=O)(=O)NCc1ccc(F)cc1. The van der Waals surface area contributed by atoms with E-state index in [0.29, 0.717) is 14.5 Å². The van der Waals surface area contributed by atoms with Crippen LogP contribution < -0.4 is 10.5 Å². The first kappa shape index (κ1) is 16.4. The lowest BCUT2D eigenvalue weighted by Crippen LogP contribution is -2.24. The summed E-state index contributed by atoms with van der Waals surface area (Å²) in [5.74, 6) is -0.374. The maximum atomic E-state index is 12.8. The maximum absolute atomic E-state index is 12.8. The molecule has 0 saturated carbocycles. The molecule has 21 heavy (non-hydrogen) atoms. The summed E-state index contributed by atoms with van der Waals surface area (Å²) in [6.45, 7) is 0.0462. The van der Waals surface area contributed by atoms with E-state index in [2.05, 4.69) is 36.6 Å². The van der Waals surface area contributed by atoms with Crippen LogP contribution in [-0.4, -0.2) is 8.42 Å². The Morgan fingerprint density at radius 1 is 1.14 bits per heavy atom. The summed E-state index contributed by atoms with van der Waals surface area (Å²) in [5, 5.41) is 0. The molecule has 2 aromatic carbocycles. The Morgan fingerprint density at radius 2 is 1.76 bits per heavy atom. The quantitative estimate of drug-likeness (QED) is 0.720. The van der Waals surface area contributed by atoms with Crippen LogP contribution in [0.25, 0.3) is 0 Å². The molecule has 112 valence electrons. The predicted octanol–water partition coefficient (Wildman–Crippen LogP) is 3.41. The first-order valence-electron chi connectivity index (χ1n) is 5.78. The van der Waals surface area contributed by atoms with E-state index in [1.165, 1.54) is 30.3 Å². The Balaban J connectivity index is 2.25. The number of hydrogen-bond acceptors (Lipinski definition) is 3. The Morgan fingerprint density at radius 3 is 2.33 bits per heavy atom. The van der Waals surface area contributed by atoms with Gasteiger partial charge in [0.15, 0.2) is 0 Å². The van der Waals surface area contributed by atoms with Crippen LogP contribution in [0.5, 0.6) is 0 Å². The molecule has 0 aromatic heterocycles. The molecule has 0 spiro atoms. The molecule has 4 nitrogen and oxygen atoms in total. The van der Waals surface area contributed by atoms with Gasteiger partial charge >= 0.3 is 0 Å². The largest absolute Gasteiger partial charge is 0.398 e. The van der Waals surface area contributed by atoms with Crippen LogP contribution >= 0.6 is 31.9 Å². The first-order chi connectivity index (χ1) is 9.79. The minimum absolute atomic E-state index is 0.0205. The van der Waals surface area contributed by atoms with Gasteiger partial charge in [0, 0.05) is 15.5 Å². The second-order valence-electron chi connectivity index (χ2n) is 4.26. The fourth-order valence-electron chi connectivity index (χ4n) is 1.72. The van der Waals surface area contributed by atoms with Crippen LogP contribution in [0, 0.1) is 5.82 Å². The van der Waals surface area contributed by atoms with Crippen LogP contribution in [0.1, 0.15) is 5.56 Å². The molecule has 0 aliphatic heterocycles. The number of rotatable bonds is 4. The zero-order chi connectivity index (χ0) is 15.6. The summed E-state index contributed by atoms with van der Waals surface area (Å²) in [6, 6.07) is 8.68. The van der Waals surface area contributed by atoms with E-state index < -0.39 is 10.0 Å². The van der Waals surface area contributed by atoms with Crippen LogP contribution in [0.4, 0.5) is 10.1 Å². The zero-order valence-corrected chi connectivity index (χ0v) is 14.6. The number of anilines is 1. The van der Waals surface area contributed by atoms with Crippen molar-refractivity contribution in [3.05, 3.63) is 56.7 Å². The van der Waals surface area contributed by atoms with Crippen LogP contribution in [0.2, 0.25) is 0 Å². The summed E-state index contributed by atoms with van der Waals surface area (Å²) < 4.78 is 40.9. The molecule has 0 unspecified atom stereocenters. The molecule has 0 heterocycles. The Hall–Kier alpha value is -0.960. The average molecular weight is 438 g/mol. The van der Waals surface area contributed by atoms with Crippen molar-refractivity contribution >= 4 is 47.6 Å². The number of halogens is 3. The molecule has 0 saturated heterocycles. The molecule has 0 atom stereocenters. The average Bonchev–Trinajstić information content (AvgIpc) is 2.36. The Labute approximate surface area is 138 Å². The lowest BCUT2D eigenvalue weighted by Gasteiger charge is -2.11. The lowest BCUT2D eigenvalue weighted by molar-refractivity contribution is 0.581. The van der Waals surface area contributed by atoms with Crippen LogP contribution in [-0.2, 0) is 16.6 Å². The van der Waals surface area contributed by atoms with Gasteiger partial charge < -0.3 is 5.73 Å². The number of nitrogen functional groups attached to an aromatic ring is 1. The minimum Gasteiger partial charge on any atom is -0.398 e. The predicted molar refractivity (Wildman–Crippen MR) is 86.7 cm³/mol. The molecular weight excluding hydrogens is 427 g/mol. The van der Waals surface area contributed by atoms with E-state index in [1.807, 2.05) is 0 Å². The molecule has 0 radical (unpaired) electrons. The fraction of sp³-hybridized carbons (Fsp3) is 0.0769. The smallest absolute Gasteiger partial charge is 0.244 e. The van der Waals surface area contributed by atoms with Gasteiger partial charge in [0.1, 0.15) is 10.7 Å². The van der Waals surface area contributed by atoms with E-state index >= 15 is 0 Å². The molecule has 8 heteroatoms. The standard InChI is InChI=1S/C13H11Br2FN2O2S/c14-9-5-11(15)13(12(17)6-9)21(19,20)18-7-8-1-3-10(16)4-2-8/h1-6,18H,7,17H2. The molecule has 0 aliphatic carbocycles. The van der Waals surface area contributed by atoms with Crippen molar-refractivity contribution in [2.24, 2.45) is 0 Å². The number of nitrogens with one attached hydrogen (secondary N) is 1. The molecule has 0 aliphatic rings. The van der Waals surface area contributed by atoms with Crippen molar-refractivity contribution in [3.8, 4) is 0 Å². The van der Waals surface area contributed by atoms with Gasteiger partial charge in [-0.3, -0.25) is 0 Å². The van der Waals surface area contributed by atoms with E-state index in [0.717, 1.165) is 0 Å². The molecule has 2 aromatic rings. The van der Waals surface area contributed by atoms with Crippen molar-refractivity contribution in [1.82, 2.24) is 4.72 Å². The topological polar surface area (TPSA) is 72.2 Å². The highest BCUT2D eigenvalue weighted by Gasteiger charge is 2.21. The second kappa shape index (κ2) is 6.43. The van der Waals surface area contributed by atoms with Crippen molar-refractivity contribution in [2.75, 3.05) is 5.73 Å². The third-order valence-electron chi connectivity index (χ3n) is 2.69. The van der Waals surface area contributed by atoms with Gasteiger partial charge in [-0.15, -0.1) is 0 Å². The van der Waals surface area contributed by atoms with Crippen molar-refractivity contribution in [1.29, 1.82) is 0 Å². The van der Waals surface area contributed by atoms with Gasteiger partial charge in [0.2, 0.25) is 10.0 Å². The van der Waals surface area contributed by atoms with E-state index in [9.17, 15) is 12.8 Å². The van der Waals surface area contributed by atoms with Gasteiger partial charge in [0.25, 0.3) is 0 Å². The monoisotopic (exact) mass is 436 g/mol. The number of nitrogens with two attached hydrogens (primary N) is 1. The van der Waals surface area contributed by atoms with Gasteiger partial charge in [-0.25, -0.2) is 17.5 Å². The molecular formula is C13H11Br2FN2O2S. The molecule has 3 N–H and O–H groups in total. The van der Waals surface area contributed by atoms with E-state index in [-0.39, 0.29) is 22.9 Å². The minimum atomic E-state index is -3.78. The number of benzene rings is 2.